The lowest BCUT2D eigenvalue weighted by Gasteiger charge is -2.21. The summed E-state index contributed by atoms with van der Waals surface area (Å²) in [4.78, 5) is 0. The van der Waals surface area contributed by atoms with Crippen LogP contribution in [0.2, 0.25) is 0 Å². The Kier molecular flexibility index (Phi) is 17.1. The third-order valence-electron chi connectivity index (χ3n) is 30.9. The fourth-order valence-corrected chi connectivity index (χ4v) is 24.1. The molecule has 0 radical (unpaired) electrons. The summed E-state index contributed by atoms with van der Waals surface area (Å²) in [5, 5.41) is 31.1. The van der Waals surface area contributed by atoms with E-state index in [9.17, 15) is 0 Å². The van der Waals surface area contributed by atoms with Gasteiger partial charge in [-0.15, -0.1) is 0 Å². The average Bonchev–Trinajstić information content (AvgIpc) is 1.59. The number of hydrogen-bond donors (Lipinski definition) is 0. The van der Waals surface area contributed by atoms with Crippen LogP contribution in [0.25, 0.3) is 296 Å². The highest BCUT2D eigenvalue weighted by molar-refractivity contribution is 6.31. The van der Waals surface area contributed by atoms with E-state index in [1.54, 1.807) is 0 Å². The van der Waals surface area contributed by atoms with Gasteiger partial charge in [0, 0.05) is 16.2 Å². The van der Waals surface area contributed by atoms with Crippen LogP contribution >= 0.6 is 0 Å². The van der Waals surface area contributed by atoms with Gasteiger partial charge in [-0.1, -0.05) is 384 Å². The first-order valence-corrected chi connectivity index (χ1v) is 48.2. The van der Waals surface area contributed by atoms with Crippen LogP contribution in [0, 0.1) is 0 Å². The van der Waals surface area contributed by atoms with Gasteiger partial charge in [0.25, 0.3) is 0 Å². The summed E-state index contributed by atoms with van der Waals surface area (Å²) in [5.41, 5.74) is 40.9. The second-order valence-corrected chi connectivity index (χ2v) is 38.7. The van der Waals surface area contributed by atoms with Gasteiger partial charge in [-0.2, -0.15) is 0 Å². The fourth-order valence-electron chi connectivity index (χ4n) is 24.1. The Morgan fingerprint density at radius 2 is 0.486 bits per heavy atom. The molecule has 0 saturated carbocycles. The van der Waals surface area contributed by atoms with Crippen molar-refractivity contribution in [3.05, 3.63) is 484 Å². The number of fused-ring (bicyclic) bond motifs is 27. The number of furan rings is 1. The molecule has 1 heteroatoms. The first-order chi connectivity index (χ1) is 68.1. The van der Waals surface area contributed by atoms with Gasteiger partial charge in [-0.25, -0.2) is 0 Å². The molecule has 4 aliphatic carbocycles. The summed E-state index contributed by atoms with van der Waals surface area (Å²) in [6, 6.07) is 175. The minimum absolute atomic E-state index is 0.0270. The smallest absolute Gasteiger partial charge is 0.135 e. The van der Waals surface area contributed by atoms with Crippen LogP contribution < -0.4 is 0 Å². The zero-order valence-electron chi connectivity index (χ0n) is 75.9. The van der Waals surface area contributed by atoms with E-state index in [0.29, 0.717) is 0 Å². The Labute approximate surface area is 798 Å². The Hall–Kier alpha value is -17.6. The lowest BCUT2D eigenvalue weighted by molar-refractivity contribution is 0.660. The van der Waals surface area contributed by atoms with Gasteiger partial charge in [-0.3, -0.25) is 0 Å². The summed E-state index contributed by atoms with van der Waals surface area (Å²) < 4.78 is 6.08. The van der Waals surface area contributed by atoms with Gasteiger partial charge >= 0.3 is 0 Å². The minimum atomic E-state index is 0.0270. The van der Waals surface area contributed by atoms with Crippen molar-refractivity contribution in [2.75, 3.05) is 0 Å². The topological polar surface area (TPSA) is 13.1 Å². The maximum Gasteiger partial charge on any atom is 0.135 e. The molecule has 0 unspecified atom stereocenters. The summed E-state index contributed by atoms with van der Waals surface area (Å²) in [6.45, 7) is 4.68. The van der Waals surface area contributed by atoms with Gasteiger partial charge in [0.1, 0.15) is 11.2 Å². The van der Waals surface area contributed by atoms with E-state index in [2.05, 4.69) is 475 Å². The quantitative estimate of drug-likeness (QED) is 0.145. The van der Waals surface area contributed by atoms with E-state index < -0.39 is 0 Å². The van der Waals surface area contributed by atoms with Gasteiger partial charge in [-0.05, 0) is 389 Å². The predicted octanol–water partition coefficient (Wildman–Crippen LogP) is 38.6. The number of benzene rings is 26. The molecule has 26 aromatic carbocycles. The Balaban J connectivity index is 0.000000100. The molecule has 1 aromatic heterocycles. The molecule has 0 N–H and O–H groups in total. The predicted molar refractivity (Wildman–Crippen MR) is 588 cm³/mol. The van der Waals surface area contributed by atoms with Crippen molar-refractivity contribution in [2.45, 2.75) is 19.3 Å². The third kappa shape index (κ3) is 12.1. The van der Waals surface area contributed by atoms with Crippen molar-refractivity contribution in [3.63, 3.8) is 0 Å². The zero-order chi connectivity index (χ0) is 90.7. The molecule has 0 aliphatic heterocycles. The van der Waals surface area contributed by atoms with Crippen molar-refractivity contribution in [1.29, 1.82) is 0 Å². The molecule has 31 rings (SSSR count). The van der Waals surface area contributed by atoms with E-state index in [4.69, 9.17) is 4.42 Å². The fraction of sp³-hybridized carbons (Fsp3) is 0.0219. The van der Waals surface area contributed by atoms with Crippen LogP contribution in [0.15, 0.2) is 478 Å². The van der Waals surface area contributed by atoms with Gasteiger partial charge in [0.2, 0.25) is 0 Å². The molecule has 0 spiro atoms. The molecule has 27 aromatic rings. The molecule has 0 atom stereocenters. The number of para-hydroxylation sites is 1. The highest BCUT2D eigenvalue weighted by atomic mass is 16.3. The molecule has 0 saturated heterocycles. The summed E-state index contributed by atoms with van der Waals surface area (Å²) in [6.07, 6.45) is 0. The number of hydrogen-bond acceptors (Lipinski definition) is 1. The molecular formula is C137H84O. The van der Waals surface area contributed by atoms with E-state index >= 15 is 0 Å². The lowest BCUT2D eigenvalue weighted by Crippen LogP contribution is -2.14. The molecule has 0 fully saturated rings. The highest BCUT2D eigenvalue weighted by Gasteiger charge is 2.36. The number of rotatable bonds is 7. The Morgan fingerprint density at radius 1 is 0.130 bits per heavy atom. The van der Waals surface area contributed by atoms with E-state index in [1.165, 1.54) is 285 Å². The lowest BCUT2D eigenvalue weighted by atomic mass is 9.82. The third-order valence-corrected chi connectivity index (χ3v) is 30.9. The van der Waals surface area contributed by atoms with Gasteiger partial charge in [0.05, 0.1) is 0 Å². The van der Waals surface area contributed by atoms with E-state index in [0.717, 1.165) is 21.9 Å². The van der Waals surface area contributed by atoms with Crippen molar-refractivity contribution in [1.82, 2.24) is 0 Å². The second-order valence-electron chi connectivity index (χ2n) is 38.7. The molecule has 138 heavy (non-hydrogen) atoms. The van der Waals surface area contributed by atoms with Crippen molar-refractivity contribution < 1.29 is 4.42 Å². The van der Waals surface area contributed by atoms with E-state index in [-0.39, 0.29) is 5.41 Å². The maximum absolute atomic E-state index is 6.08. The molecule has 638 valence electrons. The molecular weight excluding hydrogens is 1660 g/mol. The first-order valence-electron chi connectivity index (χ1n) is 48.2. The molecule has 1 nitrogen and oxygen atoms in total. The summed E-state index contributed by atoms with van der Waals surface area (Å²) >= 11 is 0. The Bertz CT molecular complexity index is 9990. The molecule has 4 aliphatic rings. The zero-order valence-corrected chi connectivity index (χ0v) is 75.9. The van der Waals surface area contributed by atoms with Gasteiger partial charge < -0.3 is 4.42 Å². The van der Waals surface area contributed by atoms with Crippen molar-refractivity contribution in [3.8, 4) is 156 Å². The standard InChI is InChI=1S/C50H30.C45H30.C42H24O/c1-2-8-31(9-3-1)34-14-15-36-25-37(17-16-35(36)24-34)38-18-19-40-27-42(21-20-39(40)26-38)44-22-23-45-46-28-32-10-4-5-11-33(32)29-47(46)48-30-41-12-6-7-13-43(41)49(44)50(45)48;1-45(2)41-14-8-7-13-35(41)39-25-31(19-22-42(39)45)27-15-17-28(18-16-27)34-20-21-36-37-23-29-9-3-4-10-30(29)24-38(37)40-26-32-11-5-6-12-33(32)43(34)44(36)40;1-2-10-30-25(7-1)15-18-32-35-13-6-12-34-31-19-16-28(22-36(31)39(42(34)35)24-37(30)32)26-8-5-9-27(21-26)29-17-20-41-38(23-29)33-11-3-4-14-40(33)43-41/h1-30H;3-26H,1-2H3;1-24H. The highest BCUT2D eigenvalue weighted by Crippen LogP contribution is 2.58. The minimum Gasteiger partial charge on any atom is -0.456 e. The molecule has 0 amide bonds. The van der Waals surface area contributed by atoms with Crippen LogP contribution in [0.3, 0.4) is 0 Å². The van der Waals surface area contributed by atoms with Crippen molar-refractivity contribution in [2.24, 2.45) is 0 Å². The van der Waals surface area contributed by atoms with Crippen LogP contribution in [-0.4, -0.2) is 0 Å². The SMILES string of the molecule is CC1(C)c2ccccc2-c2cc(-c3ccc(-c4ccc5c6c(cc7ccccc7c46)-c4cc6ccccc6cc4-5)cc3)ccc21.c1cc(-c2ccc3c(c2)-c2cc4c5ccccc5ccc4c4cccc-3c24)cc(-c2ccc3oc4ccccc4c3c2)c1.c1ccc(-c2ccc3cc(-c4ccc5cc(-c6ccc7c8c(cc9ccccc9c68)-c6cc8ccccc8cc6-7)ccc5c4)ccc3c2)cc1. The van der Waals surface area contributed by atoms with Crippen LogP contribution in [0.5, 0.6) is 0 Å². The Morgan fingerprint density at radius 3 is 1.12 bits per heavy atom. The van der Waals surface area contributed by atoms with Crippen LogP contribution in [0.4, 0.5) is 0 Å². The first kappa shape index (κ1) is 77.9. The van der Waals surface area contributed by atoms with Crippen molar-refractivity contribution >= 4 is 140 Å². The molecule has 0 bridgehead atoms. The molecule has 1 heterocycles. The normalized spacial score (nSPS) is 12.6. The van der Waals surface area contributed by atoms with Crippen LogP contribution in [0.1, 0.15) is 25.0 Å². The van der Waals surface area contributed by atoms with Gasteiger partial charge in [0.15, 0.2) is 0 Å². The summed E-state index contributed by atoms with van der Waals surface area (Å²) in [5.74, 6) is 0. The maximum atomic E-state index is 6.08. The van der Waals surface area contributed by atoms with E-state index in [1.807, 2.05) is 12.1 Å². The largest absolute Gasteiger partial charge is 0.456 e. The average molecular weight is 1750 g/mol. The monoisotopic (exact) mass is 1740 g/mol. The summed E-state index contributed by atoms with van der Waals surface area (Å²) in [7, 11) is 0. The van der Waals surface area contributed by atoms with Crippen LogP contribution in [-0.2, 0) is 5.41 Å². The second kappa shape index (κ2) is 30.2.